The number of ether oxygens (including phenoxy) is 1. The lowest BCUT2D eigenvalue weighted by Gasteiger charge is -2.36. The number of amides is 1. The monoisotopic (exact) mass is 284 g/mol. The van der Waals surface area contributed by atoms with E-state index in [1.165, 1.54) is 0 Å². The van der Waals surface area contributed by atoms with Crippen molar-refractivity contribution in [3.8, 4) is 0 Å². The minimum atomic E-state index is -0.570. The van der Waals surface area contributed by atoms with Crippen LogP contribution in [0.4, 0.5) is 0 Å². The number of carbonyl (C=O) groups excluding carboxylic acids is 1. The molecule has 0 atom stereocenters. The van der Waals surface area contributed by atoms with E-state index in [4.69, 9.17) is 4.74 Å². The van der Waals surface area contributed by atoms with Crippen molar-refractivity contribution in [1.29, 1.82) is 0 Å². The Kier molecular flexibility index (Phi) is 3.87. The summed E-state index contributed by atoms with van der Waals surface area (Å²) >= 11 is 0. The summed E-state index contributed by atoms with van der Waals surface area (Å²) in [4.78, 5) is 25.0. The van der Waals surface area contributed by atoms with Crippen LogP contribution in [0.25, 0.3) is 0 Å². The van der Waals surface area contributed by atoms with Gasteiger partial charge in [0.05, 0.1) is 0 Å². The molecule has 1 aliphatic heterocycles. The highest BCUT2D eigenvalue weighted by atomic mass is 16.5. The third kappa shape index (κ3) is 2.90. The maximum atomic E-state index is 12.5. The van der Waals surface area contributed by atoms with E-state index < -0.39 is 5.54 Å². The van der Waals surface area contributed by atoms with Crippen molar-refractivity contribution in [1.82, 2.24) is 20.3 Å². The van der Waals surface area contributed by atoms with Crippen LogP contribution in [-0.2, 0) is 10.3 Å². The molecule has 1 N–H and O–H groups in total. The lowest BCUT2D eigenvalue weighted by molar-refractivity contribution is 0.0313. The van der Waals surface area contributed by atoms with Crippen LogP contribution in [0.1, 0.15) is 29.0 Å². The van der Waals surface area contributed by atoms with E-state index in [-0.39, 0.29) is 5.91 Å². The van der Waals surface area contributed by atoms with Crippen molar-refractivity contribution in [2.45, 2.75) is 18.4 Å². The molecule has 108 valence electrons. The highest BCUT2D eigenvalue weighted by molar-refractivity contribution is 5.94. The first-order valence-electron chi connectivity index (χ1n) is 6.88. The van der Waals surface area contributed by atoms with E-state index in [0.717, 1.165) is 0 Å². The summed E-state index contributed by atoms with van der Waals surface area (Å²) in [6.45, 7) is 1.16. The molecule has 1 saturated heterocycles. The molecule has 0 aliphatic carbocycles. The summed E-state index contributed by atoms with van der Waals surface area (Å²) in [6, 6.07) is 5.14. The van der Waals surface area contributed by atoms with E-state index in [1.807, 2.05) is 0 Å². The molecule has 0 unspecified atom stereocenters. The van der Waals surface area contributed by atoms with Gasteiger partial charge in [0.1, 0.15) is 5.54 Å². The van der Waals surface area contributed by atoms with Crippen LogP contribution in [0.3, 0.4) is 0 Å². The number of hydrogen-bond acceptors (Lipinski definition) is 5. The zero-order valence-electron chi connectivity index (χ0n) is 11.5. The average molecular weight is 284 g/mol. The Balaban J connectivity index is 1.88. The van der Waals surface area contributed by atoms with Crippen LogP contribution in [-0.4, -0.2) is 34.1 Å². The zero-order chi connectivity index (χ0) is 14.5. The molecule has 2 aromatic heterocycles. The minimum Gasteiger partial charge on any atom is -0.381 e. The van der Waals surface area contributed by atoms with E-state index in [2.05, 4.69) is 20.3 Å². The SMILES string of the molecule is O=C(NC1(c2ncccn2)CCOCC1)c1ccncc1. The first kappa shape index (κ1) is 13.6. The van der Waals surface area contributed by atoms with Gasteiger partial charge in [0.25, 0.3) is 5.91 Å². The summed E-state index contributed by atoms with van der Waals surface area (Å²) in [5.74, 6) is 0.488. The topological polar surface area (TPSA) is 77.0 Å². The fourth-order valence-electron chi connectivity index (χ4n) is 2.46. The Morgan fingerprint density at radius 3 is 2.43 bits per heavy atom. The predicted octanol–water partition coefficient (Wildman–Crippen LogP) is 1.31. The van der Waals surface area contributed by atoms with Gasteiger partial charge >= 0.3 is 0 Å². The van der Waals surface area contributed by atoms with Gasteiger partial charge in [0.2, 0.25) is 0 Å². The summed E-state index contributed by atoms with van der Waals surface area (Å²) in [5.41, 5.74) is 0.00616. The number of pyridine rings is 1. The number of carbonyl (C=O) groups is 1. The molecule has 0 bridgehead atoms. The third-order valence-corrected chi connectivity index (χ3v) is 3.64. The van der Waals surface area contributed by atoms with E-state index >= 15 is 0 Å². The number of hydrogen-bond donors (Lipinski definition) is 1. The van der Waals surface area contributed by atoms with Gasteiger partial charge in [-0.2, -0.15) is 0 Å². The molecule has 0 aromatic carbocycles. The minimum absolute atomic E-state index is 0.147. The Morgan fingerprint density at radius 1 is 1.10 bits per heavy atom. The standard InChI is InChI=1S/C15H16N4O2/c20-13(12-2-8-16-9-3-12)19-15(4-10-21-11-5-15)14-17-6-1-7-18-14/h1-3,6-9H,4-5,10-11H2,(H,19,20). The average Bonchev–Trinajstić information content (AvgIpc) is 2.57. The molecular formula is C15H16N4O2. The third-order valence-electron chi connectivity index (χ3n) is 3.64. The Bertz CT molecular complexity index is 598. The molecule has 6 heteroatoms. The summed E-state index contributed by atoms with van der Waals surface area (Å²) in [6.07, 6.45) is 7.91. The van der Waals surface area contributed by atoms with Gasteiger partial charge in [-0.05, 0) is 18.2 Å². The zero-order valence-corrected chi connectivity index (χ0v) is 11.5. The maximum absolute atomic E-state index is 12.5. The van der Waals surface area contributed by atoms with Crippen molar-refractivity contribution in [2.24, 2.45) is 0 Å². The second-order valence-corrected chi connectivity index (χ2v) is 4.96. The number of aromatic nitrogens is 3. The Morgan fingerprint density at radius 2 is 1.76 bits per heavy atom. The van der Waals surface area contributed by atoms with E-state index in [9.17, 15) is 4.79 Å². The van der Waals surface area contributed by atoms with Gasteiger partial charge < -0.3 is 10.1 Å². The molecule has 3 rings (SSSR count). The highest BCUT2D eigenvalue weighted by Crippen LogP contribution is 2.29. The molecule has 1 aliphatic rings. The van der Waals surface area contributed by atoms with Crippen LogP contribution >= 0.6 is 0 Å². The Labute approximate surface area is 122 Å². The second-order valence-electron chi connectivity index (χ2n) is 4.96. The Hall–Kier alpha value is -2.34. The summed E-state index contributed by atoms with van der Waals surface area (Å²) in [5, 5.41) is 3.09. The summed E-state index contributed by atoms with van der Waals surface area (Å²) in [7, 11) is 0. The molecule has 21 heavy (non-hydrogen) atoms. The number of nitrogens with zero attached hydrogens (tertiary/aromatic N) is 3. The number of nitrogens with one attached hydrogen (secondary N) is 1. The molecule has 1 amide bonds. The fourth-order valence-corrected chi connectivity index (χ4v) is 2.46. The molecule has 2 aromatic rings. The quantitative estimate of drug-likeness (QED) is 0.919. The molecule has 3 heterocycles. The second kappa shape index (κ2) is 5.97. The van der Waals surface area contributed by atoms with Gasteiger partial charge in [0, 0.05) is 56.4 Å². The van der Waals surface area contributed by atoms with Crippen molar-refractivity contribution in [3.63, 3.8) is 0 Å². The van der Waals surface area contributed by atoms with E-state index in [1.54, 1.807) is 43.0 Å². The first-order valence-corrected chi connectivity index (χ1v) is 6.88. The summed E-state index contributed by atoms with van der Waals surface area (Å²) < 4.78 is 5.42. The van der Waals surface area contributed by atoms with Crippen molar-refractivity contribution >= 4 is 5.91 Å². The van der Waals surface area contributed by atoms with Crippen LogP contribution < -0.4 is 5.32 Å². The normalized spacial score (nSPS) is 17.1. The molecule has 0 radical (unpaired) electrons. The fraction of sp³-hybridized carbons (Fsp3) is 0.333. The van der Waals surface area contributed by atoms with Gasteiger partial charge in [-0.1, -0.05) is 0 Å². The van der Waals surface area contributed by atoms with Gasteiger partial charge in [-0.3, -0.25) is 9.78 Å². The molecule has 6 nitrogen and oxygen atoms in total. The highest BCUT2D eigenvalue weighted by Gasteiger charge is 2.38. The molecule has 0 spiro atoms. The van der Waals surface area contributed by atoms with Crippen LogP contribution in [0.2, 0.25) is 0 Å². The van der Waals surface area contributed by atoms with Crippen molar-refractivity contribution in [2.75, 3.05) is 13.2 Å². The molecule has 0 saturated carbocycles. The van der Waals surface area contributed by atoms with Gasteiger partial charge in [-0.15, -0.1) is 0 Å². The number of rotatable bonds is 3. The van der Waals surface area contributed by atoms with E-state index in [0.29, 0.717) is 37.4 Å². The van der Waals surface area contributed by atoms with Crippen LogP contribution in [0, 0.1) is 0 Å². The largest absolute Gasteiger partial charge is 0.381 e. The predicted molar refractivity (Wildman–Crippen MR) is 75.5 cm³/mol. The first-order chi connectivity index (χ1) is 10.3. The smallest absolute Gasteiger partial charge is 0.252 e. The van der Waals surface area contributed by atoms with Gasteiger partial charge in [-0.25, -0.2) is 9.97 Å². The molecule has 1 fully saturated rings. The van der Waals surface area contributed by atoms with Gasteiger partial charge in [0.15, 0.2) is 5.82 Å². The lowest BCUT2D eigenvalue weighted by Crippen LogP contribution is -2.50. The molecular weight excluding hydrogens is 268 g/mol. The van der Waals surface area contributed by atoms with Crippen molar-refractivity contribution in [3.05, 3.63) is 54.4 Å². The maximum Gasteiger partial charge on any atom is 0.252 e. The van der Waals surface area contributed by atoms with Crippen LogP contribution in [0.15, 0.2) is 43.0 Å². The van der Waals surface area contributed by atoms with Crippen LogP contribution in [0.5, 0.6) is 0 Å². The lowest BCUT2D eigenvalue weighted by atomic mass is 9.88. The van der Waals surface area contributed by atoms with Crippen molar-refractivity contribution < 1.29 is 9.53 Å².